The summed E-state index contributed by atoms with van der Waals surface area (Å²) >= 11 is 0. The first-order valence-corrected chi connectivity index (χ1v) is 6.29. The summed E-state index contributed by atoms with van der Waals surface area (Å²) in [5, 5.41) is 2.42. The van der Waals surface area contributed by atoms with Gasteiger partial charge < -0.3 is 10.1 Å². The van der Waals surface area contributed by atoms with E-state index in [2.05, 4.69) is 10.1 Å². The van der Waals surface area contributed by atoms with Crippen LogP contribution in [0.15, 0.2) is 35.9 Å². The Morgan fingerprint density at radius 2 is 1.85 bits per heavy atom. The Labute approximate surface area is 114 Å². The number of nitrogens with one attached hydrogen (secondary N) is 1. The Morgan fingerprint density at radius 3 is 2.50 bits per heavy atom. The molecule has 1 amide bonds. The van der Waals surface area contributed by atoms with Crippen LogP contribution in [0.3, 0.4) is 0 Å². The van der Waals surface area contributed by atoms with Crippen molar-refractivity contribution in [2.75, 3.05) is 5.32 Å². The van der Waals surface area contributed by atoms with Crippen molar-refractivity contribution in [1.82, 2.24) is 0 Å². The van der Waals surface area contributed by atoms with Crippen LogP contribution < -0.4 is 10.1 Å². The number of carbonyl (C=O) groups is 1. The number of hydrogen-bond donors (Lipinski definition) is 1. The van der Waals surface area contributed by atoms with Crippen LogP contribution in [0.1, 0.15) is 25.7 Å². The fraction of sp³-hybridized carbons (Fsp3) is 0.357. The van der Waals surface area contributed by atoms with Crippen molar-refractivity contribution < 1.29 is 22.7 Å². The molecule has 1 aliphatic carbocycles. The van der Waals surface area contributed by atoms with Gasteiger partial charge in [0.15, 0.2) is 5.75 Å². The lowest BCUT2D eigenvalue weighted by Gasteiger charge is -2.13. The Morgan fingerprint density at radius 1 is 1.20 bits per heavy atom. The molecule has 1 saturated carbocycles. The Hall–Kier alpha value is -1.98. The molecule has 0 aliphatic heterocycles. The number of carbonyl (C=O) groups excluding carboxylic acids is 1. The van der Waals surface area contributed by atoms with E-state index in [-0.39, 0.29) is 5.69 Å². The van der Waals surface area contributed by atoms with Crippen LogP contribution >= 0.6 is 0 Å². The summed E-state index contributed by atoms with van der Waals surface area (Å²) in [4.78, 5) is 11.8. The molecule has 0 radical (unpaired) electrons. The molecule has 108 valence electrons. The number of anilines is 1. The number of hydrogen-bond acceptors (Lipinski definition) is 2. The van der Waals surface area contributed by atoms with Gasteiger partial charge in [-0.05, 0) is 37.8 Å². The van der Waals surface area contributed by atoms with Crippen LogP contribution in [0.25, 0.3) is 0 Å². The molecule has 0 heterocycles. The van der Waals surface area contributed by atoms with Crippen LogP contribution in [0.5, 0.6) is 5.75 Å². The van der Waals surface area contributed by atoms with Gasteiger partial charge in [0.1, 0.15) is 0 Å². The van der Waals surface area contributed by atoms with Gasteiger partial charge >= 0.3 is 6.36 Å². The van der Waals surface area contributed by atoms with Gasteiger partial charge in [0.2, 0.25) is 5.91 Å². The van der Waals surface area contributed by atoms with Crippen molar-refractivity contribution >= 4 is 11.6 Å². The lowest BCUT2D eigenvalue weighted by atomic mass is 10.2. The summed E-state index contributed by atoms with van der Waals surface area (Å²) in [5.74, 6) is -0.849. The van der Waals surface area contributed by atoms with Gasteiger partial charge in [-0.1, -0.05) is 17.7 Å². The number of halogens is 3. The van der Waals surface area contributed by atoms with Crippen LogP contribution in [-0.4, -0.2) is 12.3 Å². The highest BCUT2D eigenvalue weighted by Crippen LogP contribution is 2.30. The minimum absolute atomic E-state index is 0.00433. The molecule has 1 aliphatic rings. The van der Waals surface area contributed by atoms with Gasteiger partial charge in [-0.25, -0.2) is 0 Å². The molecular formula is C14H14F3NO2. The Bertz CT molecular complexity index is 515. The van der Waals surface area contributed by atoms with Crippen LogP contribution in [0.4, 0.5) is 18.9 Å². The number of benzene rings is 1. The quantitative estimate of drug-likeness (QED) is 0.852. The highest BCUT2D eigenvalue weighted by atomic mass is 19.4. The van der Waals surface area contributed by atoms with E-state index >= 15 is 0 Å². The van der Waals surface area contributed by atoms with Crippen molar-refractivity contribution in [2.24, 2.45) is 0 Å². The monoisotopic (exact) mass is 285 g/mol. The first-order chi connectivity index (χ1) is 9.44. The fourth-order valence-corrected chi connectivity index (χ4v) is 2.11. The van der Waals surface area contributed by atoms with Crippen LogP contribution in [0, 0.1) is 0 Å². The summed E-state index contributed by atoms with van der Waals surface area (Å²) in [6.07, 6.45) is 0.504. The normalized spacial score (nSPS) is 15.1. The van der Waals surface area contributed by atoms with Gasteiger partial charge in [-0.3, -0.25) is 4.79 Å². The van der Waals surface area contributed by atoms with Gasteiger partial charge in [0, 0.05) is 6.08 Å². The summed E-state index contributed by atoms with van der Waals surface area (Å²) in [6, 6.07) is 5.46. The Balaban J connectivity index is 2.08. The number of ether oxygens (including phenoxy) is 1. The number of para-hydroxylation sites is 2. The second kappa shape index (κ2) is 5.98. The van der Waals surface area contributed by atoms with Crippen LogP contribution in [-0.2, 0) is 4.79 Å². The third kappa shape index (κ3) is 4.29. The van der Waals surface area contributed by atoms with E-state index in [0.29, 0.717) is 0 Å². The fourth-order valence-electron chi connectivity index (χ4n) is 2.11. The first-order valence-electron chi connectivity index (χ1n) is 6.29. The van der Waals surface area contributed by atoms with E-state index in [1.165, 1.54) is 24.3 Å². The second-order valence-electron chi connectivity index (χ2n) is 4.54. The third-order valence-corrected chi connectivity index (χ3v) is 2.95. The lowest BCUT2D eigenvalue weighted by molar-refractivity contribution is -0.274. The number of amides is 1. The summed E-state index contributed by atoms with van der Waals surface area (Å²) in [7, 11) is 0. The highest BCUT2D eigenvalue weighted by Gasteiger charge is 2.32. The molecule has 0 aromatic heterocycles. The average Bonchev–Trinajstić information content (AvgIpc) is 2.82. The molecule has 1 N–H and O–H groups in total. The zero-order valence-corrected chi connectivity index (χ0v) is 10.7. The van der Waals surface area contributed by atoms with Gasteiger partial charge in [-0.2, -0.15) is 0 Å². The number of alkyl halides is 3. The van der Waals surface area contributed by atoms with Crippen molar-refractivity contribution in [1.29, 1.82) is 0 Å². The molecule has 0 atom stereocenters. The molecule has 1 aromatic rings. The molecule has 2 rings (SSSR count). The molecule has 0 spiro atoms. The maximum atomic E-state index is 12.2. The average molecular weight is 285 g/mol. The lowest BCUT2D eigenvalue weighted by Crippen LogP contribution is -2.19. The zero-order valence-electron chi connectivity index (χ0n) is 10.7. The maximum Gasteiger partial charge on any atom is 0.573 e. The predicted molar refractivity (Wildman–Crippen MR) is 68.3 cm³/mol. The number of rotatable bonds is 3. The second-order valence-corrected chi connectivity index (χ2v) is 4.54. The van der Waals surface area contributed by atoms with E-state index in [4.69, 9.17) is 0 Å². The highest BCUT2D eigenvalue weighted by molar-refractivity contribution is 6.00. The minimum atomic E-state index is -4.79. The van der Waals surface area contributed by atoms with Crippen molar-refractivity contribution in [3.8, 4) is 5.75 Å². The SMILES string of the molecule is O=C(C=C1CCCC1)Nc1ccccc1OC(F)(F)F. The van der Waals surface area contributed by atoms with Gasteiger partial charge in [-0.15, -0.1) is 13.2 Å². The summed E-state index contributed by atoms with van der Waals surface area (Å²) in [6.45, 7) is 0. The van der Waals surface area contributed by atoms with Crippen LogP contribution in [0.2, 0.25) is 0 Å². The molecule has 0 unspecified atom stereocenters. The molecule has 6 heteroatoms. The molecule has 0 bridgehead atoms. The predicted octanol–water partition coefficient (Wildman–Crippen LogP) is 4.02. The topological polar surface area (TPSA) is 38.3 Å². The third-order valence-electron chi connectivity index (χ3n) is 2.95. The summed E-state index contributed by atoms with van der Waals surface area (Å²) < 4.78 is 40.6. The first kappa shape index (κ1) is 14.4. The van der Waals surface area contributed by atoms with E-state index in [9.17, 15) is 18.0 Å². The van der Waals surface area contributed by atoms with E-state index in [1.54, 1.807) is 0 Å². The summed E-state index contributed by atoms with van der Waals surface area (Å²) in [5.41, 5.74) is 1.03. The van der Waals surface area contributed by atoms with Gasteiger partial charge in [0.25, 0.3) is 0 Å². The molecular weight excluding hydrogens is 271 g/mol. The van der Waals surface area contributed by atoms with E-state index < -0.39 is 18.0 Å². The van der Waals surface area contributed by atoms with Crippen molar-refractivity contribution in [3.05, 3.63) is 35.9 Å². The minimum Gasteiger partial charge on any atom is -0.404 e. The molecule has 0 saturated heterocycles. The largest absolute Gasteiger partial charge is 0.573 e. The van der Waals surface area contributed by atoms with E-state index in [0.717, 1.165) is 37.3 Å². The molecule has 20 heavy (non-hydrogen) atoms. The zero-order chi connectivity index (χ0) is 14.6. The smallest absolute Gasteiger partial charge is 0.404 e. The van der Waals surface area contributed by atoms with Gasteiger partial charge in [0.05, 0.1) is 5.69 Å². The molecule has 3 nitrogen and oxygen atoms in total. The molecule has 1 fully saturated rings. The van der Waals surface area contributed by atoms with Crippen molar-refractivity contribution in [2.45, 2.75) is 32.0 Å². The van der Waals surface area contributed by atoms with Crippen molar-refractivity contribution in [3.63, 3.8) is 0 Å². The standard InChI is InChI=1S/C14H14F3NO2/c15-14(16,17)20-12-8-4-3-7-11(12)18-13(19)9-10-5-1-2-6-10/h3-4,7-9H,1-2,5-6H2,(H,18,19). The maximum absolute atomic E-state index is 12.2. The number of allylic oxidation sites excluding steroid dienone is 1. The molecule has 1 aromatic carbocycles. The Kier molecular flexibility index (Phi) is 4.32. The van der Waals surface area contributed by atoms with E-state index in [1.807, 2.05) is 0 Å².